The predicted octanol–water partition coefficient (Wildman–Crippen LogP) is 4.50. The van der Waals surface area contributed by atoms with Gasteiger partial charge in [-0.25, -0.2) is 0 Å². The van der Waals surface area contributed by atoms with E-state index >= 15 is 0 Å². The van der Waals surface area contributed by atoms with Gasteiger partial charge in [0.05, 0.1) is 5.52 Å². The van der Waals surface area contributed by atoms with E-state index in [1.165, 1.54) is 48.0 Å². The number of hydrogen-bond donors (Lipinski definition) is 1. The molecule has 2 aromatic rings. The van der Waals surface area contributed by atoms with Crippen molar-refractivity contribution in [3.8, 4) is 0 Å². The van der Waals surface area contributed by atoms with E-state index in [9.17, 15) is 0 Å². The highest BCUT2D eigenvalue weighted by molar-refractivity contribution is 5.92. The summed E-state index contributed by atoms with van der Waals surface area (Å²) in [5.41, 5.74) is 5.01. The molecule has 1 saturated carbocycles. The normalized spacial score (nSPS) is 16.1. The van der Waals surface area contributed by atoms with Crippen molar-refractivity contribution in [1.29, 1.82) is 0 Å². The molecule has 0 unspecified atom stereocenters. The number of nitrogens with zero attached hydrogens (tertiary/aromatic N) is 1. The minimum atomic E-state index is 0.669. The number of hydrogen-bond acceptors (Lipinski definition) is 2. The Kier molecular flexibility index (Phi) is 3.41. The van der Waals surface area contributed by atoms with Gasteiger partial charge >= 0.3 is 0 Å². The van der Waals surface area contributed by atoms with E-state index in [-0.39, 0.29) is 0 Å². The first kappa shape index (κ1) is 12.5. The van der Waals surface area contributed by atoms with Crippen LogP contribution in [0.2, 0.25) is 0 Å². The lowest BCUT2D eigenvalue weighted by Gasteiger charge is -2.14. The second-order valence-corrected chi connectivity index (χ2v) is 5.53. The largest absolute Gasteiger partial charge is 0.388 e. The van der Waals surface area contributed by atoms with Crippen molar-refractivity contribution in [1.82, 2.24) is 4.98 Å². The molecule has 0 saturated heterocycles. The lowest BCUT2D eigenvalue weighted by Crippen LogP contribution is -2.00. The lowest BCUT2D eigenvalue weighted by atomic mass is 10.00. The van der Waals surface area contributed by atoms with Gasteiger partial charge in [-0.2, -0.15) is 0 Å². The summed E-state index contributed by atoms with van der Waals surface area (Å²) in [6, 6.07) is 8.91. The van der Waals surface area contributed by atoms with Gasteiger partial charge in [-0.3, -0.25) is 4.98 Å². The summed E-state index contributed by atoms with van der Waals surface area (Å²) >= 11 is 0. The van der Waals surface area contributed by atoms with Crippen LogP contribution in [0.4, 0.5) is 5.69 Å². The van der Waals surface area contributed by atoms with Crippen LogP contribution >= 0.6 is 0 Å². The summed E-state index contributed by atoms with van der Waals surface area (Å²) in [6.45, 7) is 2.19. The van der Waals surface area contributed by atoms with Gasteiger partial charge in [0.25, 0.3) is 0 Å². The number of nitrogens with one attached hydrogen (secondary N) is 1. The van der Waals surface area contributed by atoms with E-state index in [0.29, 0.717) is 5.92 Å². The van der Waals surface area contributed by atoms with Crippen molar-refractivity contribution in [3.63, 3.8) is 0 Å². The Bertz CT molecular complexity index is 583. The maximum Gasteiger partial charge on any atom is 0.0726 e. The summed E-state index contributed by atoms with van der Waals surface area (Å²) in [5.74, 6) is 0.669. The zero-order valence-corrected chi connectivity index (χ0v) is 11.9. The molecule has 1 aliphatic rings. The Morgan fingerprint density at radius 2 is 2.00 bits per heavy atom. The quantitative estimate of drug-likeness (QED) is 0.872. The second-order valence-electron chi connectivity index (χ2n) is 5.53. The monoisotopic (exact) mass is 254 g/mol. The van der Waals surface area contributed by atoms with E-state index in [1.54, 1.807) is 0 Å². The first-order chi connectivity index (χ1) is 9.31. The highest BCUT2D eigenvalue weighted by Crippen LogP contribution is 2.36. The van der Waals surface area contributed by atoms with E-state index in [2.05, 4.69) is 36.5 Å². The summed E-state index contributed by atoms with van der Waals surface area (Å²) < 4.78 is 0. The minimum Gasteiger partial charge on any atom is -0.388 e. The van der Waals surface area contributed by atoms with Gasteiger partial charge in [0.15, 0.2) is 0 Å². The molecule has 19 heavy (non-hydrogen) atoms. The van der Waals surface area contributed by atoms with Gasteiger partial charge in [0.2, 0.25) is 0 Å². The van der Waals surface area contributed by atoms with Crippen LogP contribution in [0.1, 0.15) is 49.8 Å². The predicted molar refractivity (Wildman–Crippen MR) is 81.9 cm³/mol. The van der Waals surface area contributed by atoms with Gasteiger partial charge in [-0.05, 0) is 43.0 Å². The van der Waals surface area contributed by atoms with Crippen molar-refractivity contribution in [2.75, 3.05) is 12.4 Å². The third-order valence-electron chi connectivity index (χ3n) is 4.34. The van der Waals surface area contributed by atoms with Crippen LogP contribution in [0.5, 0.6) is 0 Å². The van der Waals surface area contributed by atoms with E-state index in [0.717, 1.165) is 11.9 Å². The molecule has 3 rings (SSSR count). The molecule has 1 aliphatic carbocycles. The molecule has 1 aromatic heterocycles. The third-order valence-corrected chi connectivity index (χ3v) is 4.34. The summed E-state index contributed by atoms with van der Waals surface area (Å²) in [5, 5.41) is 4.60. The van der Waals surface area contributed by atoms with Gasteiger partial charge in [0, 0.05) is 29.7 Å². The van der Waals surface area contributed by atoms with Crippen molar-refractivity contribution < 1.29 is 0 Å². The molecule has 0 radical (unpaired) electrons. The minimum absolute atomic E-state index is 0.669. The molecule has 1 heterocycles. The van der Waals surface area contributed by atoms with E-state index in [1.807, 2.05) is 7.05 Å². The number of aromatic nitrogens is 1. The Labute approximate surface area is 115 Å². The molecular weight excluding hydrogens is 232 g/mol. The Balaban J connectivity index is 2.12. The first-order valence-corrected chi connectivity index (χ1v) is 7.43. The van der Waals surface area contributed by atoms with Gasteiger partial charge in [-0.15, -0.1) is 0 Å². The first-order valence-electron chi connectivity index (χ1n) is 7.43. The molecule has 0 amide bonds. The average Bonchev–Trinajstić information content (AvgIpc) is 2.99. The summed E-state index contributed by atoms with van der Waals surface area (Å²) in [7, 11) is 2.01. The van der Waals surface area contributed by atoms with Crippen LogP contribution in [-0.4, -0.2) is 12.0 Å². The SMILES string of the molecule is CCc1ccc2nc(C3CCCC3)cc(NC)c2c1. The smallest absolute Gasteiger partial charge is 0.0726 e. The number of fused-ring (bicyclic) bond motifs is 1. The highest BCUT2D eigenvalue weighted by Gasteiger charge is 2.19. The Morgan fingerprint density at radius 3 is 2.68 bits per heavy atom. The van der Waals surface area contributed by atoms with Gasteiger partial charge in [-0.1, -0.05) is 25.8 Å². The summed E-state index contributed by atoms with van der Waals surface area (Å²) in [6.07, 6.45) is 6.38. The summed E-state index contributed by atoms with van der Waals surface area (Å²) in [4.78, 5) is 4.90. The van der Waals surface area contributed by atoms with Crippen molar-refractivity contribution in [3.05, 3.63) is 35.5 Å². The number of anilines is 1. The molecule has 2 heteroatoms. The molecule has 1 aromatic carbocycles. The van der Waals surface area contributed by atoms with Crippen LogP contribution in [0.25, 0.3) is 10.9 Å². The molecule has 1 fully saturated rings. The van der Waals surface area contributed by atoms with Gasteiger partial charge in [0.1, 0.15) is 0 Å². The fourth-order valence-corrected chi connectivity index (χ4v) is 3.15. The maximum atomic E-state index is 4.90. The Hall–Kier alpha value is -1.57. The highest BCUT2D eigenvalue weighted by atomic mass is 14.8. The zero-order valence-electron chi connectivity index (χ0n) is 11.9. The molecule has 2 nitrogen and oxygen atoms in total. The van der Waals surface area contributed by atoms with Gasteiger partial charge < -0.3 is 5.32 Å². The fraction of sp³-hybridized carbons (Fsp3) is 0.471. The van der Waals surface area contributed by atoms with Crippen LogP contribution in [0.15, 0.2) is 24.3 Å². The second kappa shape index (κ2) is 5.20. The third kappa shape index (κ3) is 2.32. The number of pyridine rings is 1. The average molecular weight is 254 g/mol. The molecule has 0 atom stereocenters. The molecular formula is C17H22N2. The topological polar surface area (TPSA) is 24.9 Å². The molecule has 1 N–H and O–H groups in total. The van der Waals surface area contributed by atoms with Crippen LogP contribution in [0.3, 0.4) is 0 Å². The maximum absolute atomic E-state index is 4.90. The zero-order chi connectivity index (χ0) is 13.2. The molecule has 0 spiro atoms. The lowest BCUT2D eigenvalue weighted by molar-refractivity contribution is 0.701. The van der Waals surface area contributed by atoms with Crippen molar-refractivity contribution in [2.24, 2.45) is 0 Å². The number of rotatable bonds is 3. The molecule has 100 valence electrons. The standard InChI is InChI=1S/C17H22N2/c1-3-12-8-9-15-14(10-12)17(18-2)11-16(19-15)13-6-4-5-7-13/h8-11,13H,3-7H2,1-2H3,(H,18,19). The molecule has 0 bridgehead atoms. The van der Waals surface area contributed by atoms with E-state index in [4.69, 9.17) is 4.98 Å². The van der Waals surface area contributed by atoms with Crippen LogP contribution in [-0.2, 0) is 6.42 Å². The van der Waals surface area contributed by atoms with E-state index < -0.39 is 0 Å². The van der Waals surface area contributed by atoms with Crippen molar-refractivity contribution in [2.45, 2.75) is 44.9 Å². The number of aryl methyl sites for hydroxylation is 1. The van der Waals surface area contributed by atoms with Crippen molar-refractivity contribution >= 4 is 16.6 Å². The van der Waals surface area contributed by atoms with Crippen LogP contribution < -0.4 is 5.32 Å². The number of benzene rings is 1. The van der Waals surface area contributed by atoms with Crippen LogP contribution in [0, 0.1) is 0 Å². The molecule has 0 aliphatic heterocycles. The fourth-order valence-electron chi connectivity index (χ4n) is 3.15. The Morgan fingerprint density at radius 1 is 1.21 bits per heavy atom.